The van der Waals surface area contributed by atoms with Crippen molar-refractivity contribution < 1.29 is 9.21 Å². The number of carbonyl (C=O) groups excluding carboxylic acids is 1. The summed E-state index contributed by atoms with van der Waals surface area (Å²) in [5.74, 6) is 0.520. The van der Waals surface area contributed by atoms with Crippen molar-refractivity contribution in [1.29, 1.82) is 0 Å². The highest BCUT2D eigenvalue weighted by molar-refractivity contribution is 8.00. The lowest BCUT2D eigenvalue weighted by Crippen LogP contribution is -2.13. The summed E-state index contributed by atoms with van der Waals surface area (Å²) in [6.07, 6.45) is 0. The molecule has 0 bridgehead atoms. The van der Waals surface area contributed by atoms with Crippen molar-refractivity contribution in [2.24, 2.45) is 0 Å². The minimum Gasteiger partial charge on any atom is -0.411 e. The fourth-order valence-electron chi connectivity index (χ4n) is 2.29. The number of thioether (sulfide) groups is 1. The Morgan fingerprint density at radius 2 is 1.79 bits per heavy atom. The van der Waals surface area contributed by atoms with Crippen LogP contribution in [0.5, 0.6) is 0 Å². The van der Waals surface area contributed by atoms with E-state index in [-0.39, 0.29) is 11.0 Å². The Bertz CT molecular complexity index is 859. The second-order valence-electron chi connectivity index (χ2n) is 5.66. The highest BCUT2D eigenvalue weighted by Crippen LogP contribution is 2.28. The van der Waals surface area contributed by atoms with Crippen molar-refractivity contribution >= 4 is 17.5 Å². The zero-order chi connectivity index (χ0) is 17.1. The van der Waals surface area contributed by atoms with E-state index in [2.05, 4.69) is 17.1 Å². The first-order chi connectivity index (χ1) is 11.5. The maximum atomic E-state index is 12.4. The lowest BCUT2D eigenvalue weighted by Gasteiger charge is -2.07. The monoisotopic (exact) mass is 338 g/mol. The van der Waals surface area contributed by atoms with Gasteiger partial charge in [-0.1, -0.05) is 48.2 Å². The molecule has 1 atom stereocenters. The van der Waals surface area contributed by atoms with Gasteiger partial charge in [0, 0.05) is 11.1 Å². The lowest BCUT2D eigenvalue weighted by atomic mass is 10.1. The van der Waals surface area contributed by atoms with Crippen molar-refractivity contribution in [3.05, 3.63) is 65.2 Å². The van der Waals surface area contributed by atoms with Gasteiger partial charge in [-0.15, -0.1) is 10.2 Å². The summed E-state index contributed by atoms with van der Waals surface area (Å²) in [7, 11) is 0. The van der Waals surface area contributed by atoms with Crippen LogP contribution in [-0.4, -0.2) is 21.2 Å². The van der Waals surface area contributed by atoms with Gasteiger partial charge in [-0.05, 0) is 44.0 Å². The number of rotatable bonds is 5. The van der Waals surface area contributed by atoms with Crippen LogP contribution < -0.4 is 0 Å². The molecule has 24 heavy (non-hydrogen) atoms. The van der Waals surface area contributed by atoms with Gasteiger partial charge >= 0.3 is 0 Å². The summed E-state index contributed by atoms with van der Waals surface area (Å²) in [6.45, 7) is 5.95. The number of nitrogens with zero attached hydrogens (tertiary/aromatic N) is 2. The Hall–Kier alpha value is -2.40. The minimum absolute atomic E-state index is 0.0477. The molecule has 0 radical (unpaired) electrons. The summed E-state index contributed by atoms with van der Waals surface area (Å²) < 4.78 is 5.71. The van der Waals surface area contributed by atoms with Crippen molar-refractivity contribution in [2.75, 3.05) is 0 Å². The topological polar surface area (TPSA) is 56.0 Å². The van der Waals surface area contributed by atoms with Gasteiger partial charge in [0.25, 0.3) is 5.22 Å². The predicted molar refractivity (Wildman–Crippen MR) is 95.3 cm³/mol. The van der Waals surface area contributed by atoms with Crippen LogP contribution in [-0.2, 0) is 0 Å². The van der Waals surface area contributed by atoms with E-state index in [1.807, 2.05) is 62.4 Å². The van der Waals surface area contributed by atoms with Crippen LogP contribution in [0.4, 0.5) is 0 Å². The third kappa shape index (κ3) is 3.57. The Labute approximate surface area is 145 Å². The van der Waals surface area contributed by atoms with Crippen molar-refractivity contribution in [1.82, 2.24) is 10.2 Å². The summed E-state index contributed by atoms with van der Waals surface area (Å²) in [4.78, 5) is 12.4. The summed E-state index contributed by atoms with van der Waals surface area (Å²) >= 11 is 1.28. The zero-order valence-corrected chi connectivity index (χ0v) is 14.6. The smallest absolute Gasteiger partial charge is 0.277 e. The van der Waals surface area contributed by atoms with Gasteiger partial charge in [0.2, 0.25) is 5.89 Å². The molecule has 0 saturated heterocycles. The summed E-state index contributed by atoms with van der Waals surface area (Å²) in [5, 5.41) is 8.26. The molecule has 0 saturated carbocycles. The number of ketones is 1. The highest BCUT2D eigenvalue weighted by atomic mass is 32.2. The number of benzene rings is 2. The van der Waals surface area contributed by atoms with Gasteiger partial charge < -0.3 is 4.42 Å². The number of hydrogen-bond donors (Lipinski definition) is 0. The van der Waals surface area contributed by atoms with Crippen LogP contribution in [0.1, 0.15) is 28.4 Å². The van der Waals surface area contributed by atoms with Gasteiger partial charge in [-0.3, -0.25) is 4.79 Å². The minimum atomic E-state index is -0.291. The molecule has 0 amide bonds. The van der Waals surface area contributed by atoms with Crippen molar-refractivity contribution in [2.45, 2.75) is 31.2 Å². The zero-order valence-electron chi connectivity index (χ0n) is 13.8. The fraction of sp³-hybridized carbons (Fsp3) is 0.211. The van der Waals surface area contributed by atoms with Gasteiger partial charge in [0.15, 0.2) is 5.78 Å². The Morgan fingerprint density at radius 1 is 1.04 bits per heavy atom. The molecule has 0 N–H and O–H groups in total. The molecule has 0 aliphatic carbocycles. The molecule has 4 nitrogen and oxygen atoms in total. The van der Waals surface area contributed by atoms with Crippen LogP contribution in [0.2, 0.25) is 0 Å². The number of carbonyl (C=O) groups is 1. The van der Waals surface area contributed by atoms with E-state index in [1.165, 1.54) is 22.9 Å². The van der Waals surface area contributed by atoms with E-state index in [4.69, 9.17) is 4.42 Å². The molecule has 2 aromatic carbocycles. The maximum absolute atomic E-state index is 12.4. The Morgan fingerprint density at radius 3 is 2.50 bits per heavy atom. The standard InChI is InChI=1S/C19H18N2O2S/c1-12-9-10-16(11-13(12)2)18-20-21-19(23-18)24-14(3)17(22)15-7-5-4-6-8-15/h4-11,14H,1-3H3/t14-/m1/s1. The number of Topliss-reactive ketones (excluding diaryl/α,β-unsaturated/α-hetero) is 1. The first kappa shape index (κ1) is 16.5. The number of aromatic nitrogens is 2. The first-order valence-electron chi connectivity index (χ1n) is 7.71. The normalized spacial score (nSPS) is 12.1. The van der Waals surface area contributed by atoms with E-state index in [9.17, 15) is 4.79 Å². The molecule has 122 valence electrons. The largest absolute Gasteiger partial charge is 0.411 e. The lowest BCUT2D eigenvalue weighted by molar-refractivity contribution is 0.0993. The van der Waals surface area contributed by atoms with Gasteiger partial charge in [-0.2, -0.15) is 0 Å². The molecule has 0 aliphatic rings. The Kier molecular flexibility index (Phi) is 4.81. The molecule has 0 spiro atoms. The molecule has 1 heterocycles. The summed E-state index contributed by atoms with van der Waals surface area (Å²) in [5.41, 5.74) is 3.97. The van der Waals surface area contributed by atoms with Crippen LogP contribution in [0, 0.1) is 13.8 Å². The van der Waals surface area contributed by atoms with Crippen LogP contribution in [0.25, 0.3) is 11.5 Å². The highest BCUT2D eigenvalue weighted by Gasteiger charge is 2.20. The van der Waals surface area contributed by atoms with Gasteiger partial charge in [-0.25, -0.2) is 0 Å². The fourth-order valence-corrected chi connectivity index (χ4v) is 3.05. The maximum Gasteiger partial charge on any atom is 0.277 e. The molecule has 3 aromatic rings. The predicted octanol–water partition coefficient (Wildman–Crippen LogP) is 4.72. The van der Waals surface area contributed by atoms with Crippen LogP contribution in [0.15, 0.2) is 58.2 Å². The van der Waals surface area contributed by atoms with Crippen LogP contribution >= 0.6 is 11.8 Å². The van der Waals surface area contributed by atoms with E-state index in [0.29, 0.717) is 16.7 Å². The van der Waals surface area contributed by atoms with E-state index >= 15 is 0 Å². The third-order valence-electron chi connectivity index (χ3n) is 3.87. The second-order valence-corrected chi connectivity index (χ2v) is 6.95. The molecular formula is C19H18N2O2S. The molecule has 5 heteroatoms. The molecule has 0 unspecified atom stereocenters. The number of aryl methyl sites for hydroxylation is 2. The van der Waals surface area contributed by atoms with Gasteiger partial charge in [0.05, 0.1) is 5.25 Å². The van der Waals surface area contributed by atoms with E-state index in [1.54, 1.807) is 0 Å². The van der Waals surface area contributed by atoms with Crippen molar-refractivity contribution in [3.8, 4) is 11.5 Å². The van der Waals surface area contributed by atoms with Crippen molar-refractivity contribution in [3.63, 3.8) is 0 Å². The summed E-state index contributed by atoms with van der Waals surface area (Å²) in [6, 6.07) is 15.2. The van der Waals surface area contributed by atoms with Crippen LogP contribution in [0.3, 0.4) is 0 Å². The number of hydrogen-bond acceptors (Lipinski definition) is 5. The SMILES string of the molecule is Cc1ccc(-c2nnc(S[C@H](C)C(=O)c3ccccc3)o2)cc1C. The van der Waals surface area contributed by atoms with Gasteiger partial charge in [0.1, 0.15) is 0 Å². The molecule has 3 rings (SSSR count). The molecular weight excluding hydrogens is 320 g/mol. The Balaban J connectivity index is 1.74. The van der Waals surface area contributed by atoms with E-state index in [0.717, 1.165) is 5.56 Å². The molecule has 1 aromatic heterocycles. The average Bonchev–Trinajstić information content (AvgIpc) is 3.06. The van der Waals surface area contributed by atoms with E-state index < -0.39 is 0 Å². The third-order valence-corrected chi connectivity index (χ3v) is 4.80. The first-order valence-corrected chi connectivity index (χ1v) is 8.59. The average molecular weight is 338 g/mol. The second kappa shape index (κ2) is 7.01. The quantitative estimate of drug-likeness (QED) is 0.498. The molecule has 0 aliphatic heterocycles. The molecule has 0 fully saturated rings.